The van der Waals surface area contributed by atoms with E-state index in [1.54, 1.807) is 0 Å². The lowest BCUT2D eigenvalue weighted by Gasteiger charge is -2.27. The fourth-order valence-electron chi connectivity index (χ4n) is 10.7. The average molecular weight is 961 g/mol. The summed E-state index contributed by atoms with van der Waals surface area (Å²) >= 11 is 0. The van der Waals surface area contributed by atoms with E-state index in [9.17, 15) is 0 Å². The zero-order chi connectivity index (χ0) is 50.7. The number of anilines is 4. The molecular weight excluding hydrogens is 901 g/mol. The lowest BCUT2D eigenvalue weighted by molar-refractivity contribution is 0.483. The Morgan fingerprint density at radius 2 is 1.07 bits per heavy atom. The Bertz CT molecular complexity index is 3880. The third-order valence-corrected chi connectivity index (χ3v) is 14.7. The molecule has 0 bridgehead atoms. The molecule has 1 aliphatic heterocycles. The highest BCUT2D eigenvalue weighted by Gasteiger charge is 2.32. The highest BCUT2D eigenvalue weighted by atomic mass is 16.5. The van der Waals surface area contributed by atoms with Crippen molar-refractivity contribution < 1.29 is 4.74 Å². The summed E-state index contributed by atoms with van der Waals surface area (Å²) in [5, 5.41) is 2.29. The number of para-hydroxylation sites is 1. The summed E-state index contributed by atoms with van der Waals surface area (Å²) in [5.41, 5.74) is 19.8. The van der Waals surface area contributed by atoms with Crippen molar-refractivity contribution in [3.8, 4) is 61.8 Å². The number of hydrogen-bond donors (Lipinski definition) is 0. The first kappa shape index (κ1) is 46.4. The molecule has 12 rings (SSSR count). The Labute approximate surface area is 435 Å². The predicted octanol–water partition coefficient (Wildman–Crippen LogP) is 18.8. The molecule has 0 spiro atoms. The van der Waals surface area contributed by atoms with Crippen molar-refractivity contribution in [3.63, 3.8) is 0 Å². The van der Waals surface area contributed by atoms with Crippen LogP contribution in [0.1, 0.15) is 58.2 Å². The summed E-state index contributed by atoms with van der Waals surface area (Å²) < 4.78 is 9.24. The van der Waals surface area contributed by atoms with Crippen LogP contribution in [0.3, 0.4) is 0 Å². The van der Waals surface area contributed by atoms with E-state index in [2.05, 4.69) is 281 Å². The maximum Gasteiger partial charge on any atom is 0.137 e. The molecule has 0 amide bonds. The predicted molar refractivity (Wildman–Crippen MR) is 311 cm³/mol. The van der Waals surface area contributed by atoms with Crippen LogP contribution in [-0.2, 0) is 10.8 Å². The first-order valence-corrected chi connectivity index (χ1v) is 25.8. The van der Waals surface area contributed by atoms with E-state index in [4.69, 9.17) is 9.72 Å². The topological polar surface area (TPSA) is 33.5 Å². The number of pyridine rings is 1. The minimum absolute atomic E-state index is 0.0419. The van der Waals surface area contributed by atoms with E-state index in [1.807, 2.05) is 6.20 Å². The van der Waals surface area contributed by atoms with E-state index < -0.39 is 0 Å². The third-order valence-electron chi connectivity index (χ3n) is 14.7. The van der Waals surface area contributed by atoms with E-state index in [0.717, 1.165) is 67.3 Å². The van der Waals surface area contributed by atoms with Gasteiger partial charge >= 0.3 is 0 Å². The Hall–Kier alpha value is -8.67. The smallest absolute Gasteiger partial charge is 0.137 e. The molecule has 5 nitrogen and oxygen atoms in total. The minimum atomic E-state index is -0.0614. The molecule has 362 valence electrons. The zero-order valence-electron chi connectivity index (χ0n) is 43.3. The third kappa shape index (κ3) is 8.68. The van der Waals surface area contributed by atoms with Crippen molar-refractivity contribution in [1.29, 1.82) is 0 Å². The van der Waals surface area contributed by atoms with Crippen LogP contribution in [0, 0.1) is 6.92 Å². The van der Waals surface area contributed by atoms with Gasteiger partial charge in [0.05, 0.1) is 22.4 Å². The summed E-state index contributed by atoms with van der Waals surface area (Å²) in [7, 11) is 0. The van der Waals surface area contributed by atoms with Gasteiger partial charge in [0.15, 0.2) is 0 Å². The molecule has 0 atom stereocenters. The molecular formula is C69H60N4O. The maximum absolute atomic E-state index is 6.94. The van der Waals surface area contributed by atoms with Gasteiger partial charge in [0, 0.05) is 51.6 Å². The van der Waals surface area contributed by atoms with E-state index >= 15 is 0 Å². The summed E-state index contributed by atoms with van der Waals surface area (Å²) in [6.07, 6.45) is 2.04. The quantitative estimate of drug-likeness (QED) is 0.144. The van der Waals surface area contributed by atoms with E-state index in [1.165, 1.54) is 55.8 Å². The summed E-state index contributed by atoms with van der Waals surface area (Å²) in [6, 6.07) is 78.8. The number of ether oxygens (including phenoxy) is 1. The monoisotopic (exact) mass is 960 g/mol. The van der Waals surface area contributed by atoms with Gasteiger partial charge in [0.2, 0.25) is 0 Å². The van der Waals surface area contributed by atoms with Crippen molar-refractivity contribution in [2.24, 2.45) is 0 Å². The molecule has 0 aliphatic carbocycles. The average Bonchev–Trinajstić information content (AvgIpc) is 3.97. The second kappa shape index (κ2) is 18.4. The van der Waals surface area contributed by atoms with Gasteiger partial charge in [-0.1, -0.05) is 187 Å². The van der Waals surface area contributed by atoms with Gasteiger partial charge in [-0.3, -0.25) is 4.57 Å². The highest BCUT2D eigenvalue weighted by molar-refractivity contribution is 6.11. The van der Waals surface area contributed by atoms with Gasteiger partial charge in [-0.2, -0.15) is 0 Å². The van der Waals surface area contributed by atoms with Crippen molar-refractivity contribution in [2.75, 3.05) is 16.5 Å². The minimum Gasteiger partial charge on any atom is -0.457 e. The fourth-order valence-corrected chi connectivity index (χ4v) is 10.7. The highest BCUT2D eigenvalue weighted by Crippen LogP contribution is 2.51. The van der Waals surface area contributed by atoms with Crippen LogP contribution in [0.15, 0.2) is 225 Å². The van der Waals surface area contributed by atoms with Gasteiger partial charge < -0.3 is 14.5 Å². The fraction of sp³-hybridized carbons (Fsp3) is 0.145. The van der Waals surface area contributed by atoms with Crippen molar-refractivity contribution in [3.05, 3.63) is 241 Å². The number of hydrogen-bond acceptors (Lipinski definition) is 4. The molecule has 0 fully saturated rings. The Morgan fingerprint density at radius 3 is 1.78 bits per heavy atom. The zero-order valence-corrected chi connectivity index (χ0v) is 43.3. The first-order valence-electron chi connectivity index (χ1n) is 25.8. The maximum atomic E-state index is 6.94. The van der Waals surface area contributed by atoms with Gasteiger partial charge in [0.25, 0.3) is 0 Å². The van der Waals surface area contributed by atoms with Crippen LogP contribution in [0.25, 0.3) is 72.1 Å². The number of nitrogens with zero attached hydrogens (tertiary/aromatic N) is 4. The molecule has 0 radical (unpaired) electrons. The SMILES string of the molecule is Cc1cc(-n2c3ccc(-c4ccccc4)cc3c3ccc(Oc4cccc(N5CN(c6cc(-c7ccccc7)cc(C(C)(C)C)c6)c6c(-c7ccccc7)cccc65)c4)cc32)ncc1-c1cccc(C(C)(C)C)c1. The Kier molecular flexibility index (Phi) is 11.6. The Balaban J connectivity index is 0.942. The van der Waals surface area contributed by atoms with E-state index in [-0.39, 0.29) is 10.8 Å². The van der Waals surface area contributed by atoms with Gasteiger partial charge in [-0.05, 0) is 128 Å². The largest absolute Gasteiger partial charge is 0.457 e. The van der Waals surface area contributed by atoms with Crippen LogP contribution in [0.2, 0.25) is 0 Å². The molecule has 0 N–H and O–H groups in total. The number of aryl methyl sites for hydroxylation is 1. The molecule has 11 aromatic rings. The van der Waals surface area contributed by atoms with Crippen molar-refractivity contribution >= 4 is 44.6 Å². The molecule has 3 heterocycles. The number of aromatic nitrogens is 2. The summed E-state index contributed by atoms with van der Waals surface area (Å²) in [6.45, 7) is 16.5. The first-order chi connectivity index (χ1) is 35.8. The van der Waals surface area contributed by atoms with Crippen LogP contribution in [-0.4, -0.2) is 16.2 Å². The normalized spacial score (nSPS) is 12.7. The van der Waals surface area contributed by atoms with E-state index in [0.29, 0.717) is 6.67 Å². The molecule has 5 heteroatoms. The molecule has 0 saturated heterocycles. The van der Waals surface area contributed by atoms with Gasteiger partial charge in [-0.15, -0.1) is 0 Å². The molecule has 0 unspecified atom stereocenters. The number of rotatable bonds is 9. The second-order valence-electron chi connectivity index (χ2n) is 21.8. The van der Waals surface area contributed by atoms with Crippen LogP contribution in [0.5, 0.6) is 11.5 Å². The number of fused-ring (bicyclic) bond motifs is 4. The Morgan fingerprint density at radius 1 is 0.419 bits per heavy atom. The van der Waals surface area contributed by atoms with Crippen molar-refractivity contribution in [2.45, 2.75) is 59.3 Å². The molecule has 0 saturated carbocycles. The lowest BCUT2D eigenvalue weighted by atomic mass is 9.84. The molecule has 1 aliphatic rings. The summed E-state index contributed by atoms with van der Waals surface area (Å²) in [4.78, 5) is 10.1. The van der Waals surface area contributed by atoms with Gasteiger partial charge in [-0.25, -0.2) is 4.98 Å². The molecule has 2 aromatic heterocycles. The second-order valence-corrected chi connectivity index (χ2v) is 21.8. The summed E-state index contributed by atoms with van der Waals surface area (Å²) in [5.74, 6) is 2.37. The molecule has 74 heavy (non-hydrogen) atoms. The van der Waals surface area contributed by atoms with Crippen LogP contribution < -0.4 is 14.5 Å². The standard InChI is InChI=1S/C69H60N4O/c1-46-36-66(70-44-62(46)51-26-17-27-53(37-51)68(2,3)4)73-63-35-32-50(47-20-11-8-12-21-47)40-61(63)60-34-33-58(43-65(60)73)74-57-29-18-28-55(42-57)71-45-72(67-59(30-19-31-64(67)71)49-24-15-10-16-25-49)56-39-52(48-22-13-9-14-23-48)38-54(41-56)69(5,6)7/h8-44H,45H2,1-7H3. The lowest BCUT2D eigenvalue weighted by Crippen LogP contribution is -2.24. The van der Waals surface area contributed by atoms with Gasteiger partial charge in [0.1, 0.15) is 24.0 Å². The number of benzene rings is 9. The van der Waals surface area contributed by atoms with Crippen molar-refractivity contribution in [1.82, 2.24) is 9.55 Å². The molecule has 9 aromatic carbocycles. The van der Waals surface area contributed by atoms with Crippen LogP contribution >= 0.6 is 0 Å². The van der Waals surface area contributed by atoms with Crippen LogP contribution in [0.4, 0.5) is 22.7 Å².